The van der Waals surface area contributed by atoms with Crippen LogP contribution < -0.4 is 4.72 Å². The van der Waals surface area contributed by atoms with E-state index in [0.29, 0.717) is 6.61 Å². The highest BCUT2D eigenvalue weighted by Crippen LogP contribution is 2.16. The molecule has 0 unspecified atom stereocenters. The summed E-state index contributed by atoms with van der Waals surface area (Å²) in [6.45, 7) is 2.69. The van der Waals surface area contributed by atoms with Crippen LogP contribution in [0.5, 0.6) is 0 Å². The van der Waals surface area contributed by atoms with E-state index in [1.54, 1.807) is 0 Å². The van der Waals surface area contributed by atoms with Crippen molar-refractivity contribution in [3.05, 3.63) is 29.6 Å². The minimum absolute atomic E-state index is 0.0111. The maximum atomic E-state index is 13.6. The Labute approximate surface area is 123 Å². The Morgan fingerprint density at radius 2 is 2.10 bits per heavy atom. The maximum absolute atomic E-state index is 13.6. The maximum Gasteiger partial charge on any atom is 0.335 e. The number of sulfonamides is 1. The van der Waals surface area contributed by atoms with E-state index in [2.05, 4.69) is 4.72 Å². The van der Waals surface area contributed by atoms with Crippen molar-refractivity contribution < 1.29 is 27.4 Å². The van der Waals surface area contributed by atoms with E-state index in [1.165, 1.54) is 0 Å². The normalized spacial score (nSPS) is 11.5. The number of hydrogen-bond donors (Lipinski definition) is 2. The third-order valence-electron chi connectivity index (χ3n) is 2.65. The smallest absolute Gasteiger partial charge is 0.335 e. The van der Waals surface area contributed by atoms with Gasteiger partial charge < -0.3 is 9.84 Å². The summed E-state index contributed by atoms with van der Waals surface area (Å²) in [5, 5.41) is 8.80. The van der Waals surface area contributed by atoms with Crippen LogP contribution in [0.1, 0.15) is 30.1 Å². The molecule has 21 heavy (non-hydrogen) atoms. The van der Waals surface area contributed by atoms with Crippen molar-refractivity contribution in [2.24, 2.45) is 0 Å². The molecule has 1 aromatic rings. The first-order chi connectivity index (χ1) is 9.88. The number of aromatic carboxylic acids is 1. The second-order valence-corrected chi connectivity index (χ2v) is 6.05. The van der Waals surface area contributed by atoms with Crippen LogP contribution in [0.3, 0.4) is 0 Å². The Morgan fingerprint density at radius 3 is 2.71 bits per heavy atom. The van der Waals surface area contributed by atoms with Crippen molar-refractivity contribution in [3.63, 3.8) is 0 Å². The zero-order chi connectivity index (χ0) is 15.9. The number of halogens is 1. The highest BCUT2D eigenvalue weighted by molar-refractivity contribution is 7.89. The first-order valence-corrected chi connectivity index (χ1v) is 7.97. The molecule has 1 rings (SSSR count). The number of benzene rings is 1. The standard InChI is InChI=1S/C13H18FNO5S/c1-2-3-7-20-8-6-15-21(18,19)12-9-10(13(16)17)4-5-11(12)14/h4-5,9,15H,2-3,6-8H2,1H3,(H,16,17). The van der Waals surface area contributed by atoms with Gasteiger partial charge in [-0.3, -0.25) is 0 Å². The van der Waals surface area contributed by atoms with Gasteiger partial charge in [-0.2, -0.15) is 0 Å². The minimum Gasteiger partial charge on any atom is -0.478 e. The van der Waals surface area contributed by atoms with E-state index in [1.807, 2.05) is 6.92 Å². The molecule has 0 amide bonds. The fourth-order valence-electron chi connectivity index (χ4n) is 1.52. The molecule has 8 heteroatoms. The molecule has 0 aromatic heterocycles. The van der Waals surface area contributed by atoms with Crippen LogP contribution in [0, 0.1) is 5.82 Å². The Kier molecular flexibility index (Phi) is 6.73. The summed E-state index contributed by atoms with van der Waals surface area (Å²) in [6.07, 6.45) is 1.85. The van der Waals surface area contributed by atoms with Crippen molar-refractivity contribution in [2.75, 3.05) is 19.8 Å². The van der Waals surface area contributed by atoms with Crippen LogP contribution in [-0.2, 0) is 14.8 Å². The van der Waals surface area contributed by atoms with Crippen LogP contribution in [-0.4, -0.2) is 39.3 Å². The van der Waals surface area contributed by atoms with Gasteiger partial charge in [0.1, 0.15) is 10.7 Å². The number of ether oxygens (including phenoxy) is 1. The number of carboxylic acid groups (broad SMARTS) is 1. The lowest BCUT2D eigenvalue weighted by molar-refractivity contribution is 0.0696. The Balaban J connectivity index is 2.70. The molecule has 0 heterocycles. The van der Waals surface area contributed by atoms with E-state index in [4.69, 9.17) is 9.84 Å². The predicted molar refractivity (Wildman–Crippen MR) is 74.3 cm³/mol. The monoisotopic (exact) mass is 319 g/mol. The molecule has 1 aromatic carbocycles. The largest absolute Gasteiger partial charge is 0.478 e. The van der Waals surface area contributed by atoms with Gasteiger partial charge in [-0.05, 0) is 24.6 Å². The highest BCUT2D eigenvalue weighted by atomic mass is 32.2. The Morgan fingerprint density at radius 1 is 1.38 bits per heavy atom. The number of carboxylic acids is 1. The quantitative estimate of drug-likeness (QED) is 0.675. The molecule has 0 radical (unpaired) electrons. The Hall–Kier alpha value is -1.51. The number of unbranched alkanes of at least 4 members (excludes halogenated alkanes) is 1. The van der Waals surface area contributed by atoms with Crippen molar-refractivity contribution >= 4 is 16.0 Å². The van der Waals surface area contributed by atoms with Gasteiger partial charge in [0, 0.05) is 13.2 Å². The molecule has 0 saturated carbocycles. The van der Waals surface area contributed by atoms with Gasteiger partial charge in [0.2, 0.25) is 10.0 Å². The lowest BCUT2D eigenvalue weighted by Gasteiger charge is -2.09. The average molecular weight is 319 g/mol. The van der Waals surface area contributed by atoms with E-state index in [9.17, 15) is 17.6 Å². The van der Waals surface area contributed by atoms with E-state index in [-0.39, 0.29) is 18.7 Å². The van der Waals surface area contributed by atoms with Gasteiger partial charge in [0.15, 0.2) is 0 Å². The van der Waals surface area contributed by atoms with Crippen LogP contribution in [0.2, 0.25) is 0 Å². The fourth-order valence-corrected chi connectivity index (χ4v) is 2.63. The zero-order valence-corrected chi connectivity index (χ0v) is 12.5. The van der Waals surface area contributed by atoms with Gasteiger partial charge in [-0.1, -0.05) is 13.3 Å². The third-order valence-corrected chi connectivity index (χ3v) is 4.12. The molecule has 0 aliphatic heterocycles. The van der Waals surface area contributed by atoms with Crippen molar-refractivity contribution in [1.82, 2.24) is 4.72 Å². The minimum atomic E-state index is -4.11. The van der Waals surface area contributed by atoms with E-state index in [0.717, 1.165) is 31.0 Å². The summed E-state index contributed by atoms with van der Waals surface area (Å²) >= 11 is 0. The van der Waals surface area contributed by atoms with Crippen LogP contribution in [0.4, 0.5) is 4.39 Å². The molecule has 0 fully saturated rings. The second-order valence-electron chi connectivity index (χ2n) is 4.31. The van der Waals surface area contributed by atoms with Gasteiger partial charge in [0.25, 0.3) is 0 Å². The molecule has 6 nitrogen and oxygen atoms in total. The van der Waals surface area contributed by atoms with Gasteiger partial charge in [-0.15, -0.1) is 0 Å². The number of nitrogens with one attached hydrogen (secondary N) is 1. The zero-order valence-electron chi connectivity index (χ0n) is 11.6. The number of rotatable bonds is 9. The van der Waals surface area contributed by atoms with Gasteiger partial charge >= 0.3 is 5.97 Å². The van der Waals surface area contributed by atoms with Gasteiger partial charge in [0.05, 0.1) is 12.2 Å². The first kappa shape index (κ1) is 17.5. The second kappa shape index (κ2) is 8.06. The van der Waals surface area contributed by atoms with Crippen LogP contribution in [0.15, 0.2) is 23.1 Å². The summed E-state index contributed by atoms with van der Waals surface area (Å²) in [5.41, 5.74) is -0.295. The fraction of sp³-hybridized carbons (Fsp3) is 0.462. The van der Waals surface area contributed by atoms with Crippen LogP contribution in [0.25, 0.3) is 0 Å². The number of hydrogen-bond acceptors (Lipinski definition) is 4. The lowest BCUT2D eigenvalue weighted by atomic mass is 10.2. The molecular formula is C13H18FNO5S. The molecule has 0 spiro atoms. The molecule has 0 bridgehead atoms. The van der Waals surface area contributed by atoms with E-state index < -0.39 is 26.7 Å². The molecule has 0 atom stereocenters. The summed E-state index contributed by atoms with van der Waals surface area (Å²) in [5.74, 6) is -2.33. The Bertz CT molecular complexity index is 588. The first-order valence-electron chi connectivity index (χ1n) is 6.48. The average Bonchev–Trinajstić information content (AvgIpc) is 2.42. The topological polar surface area (TPSA) is 92.7 Å². The summed E-state index contributed by atoms with van der Waals surface area (Å²) in [7, 11) is -4.11. The molecule has 118 valence electrons. The number of carbonyl (C=O) groups is 1. The summed E-state index contributed by atoms with van der Waals surface area (Å²) in [4.78, 5) is 10.1. The summed E-state index contributed by atoms with van der Waals surface area (Å²) < 4.78 is 44.8. The highest BCUT2D eigenvalue weighted by Gasteiger charge is 2.20. The summed E-state index contributed by atoms with van der Waals surface area (Å²) in [6, 6.07) is 2.61. The SMILES string of the molecule is CCCCOCCNS(=O)(=O)c1cc(C(=O)O)ccc1F. The molecule has 0 saturated heterocycles. The third kappa shape index (κ3) is 5.41. The lowest BCUT2D eigenvalue weighted by Crippen LogP contribution is -2.28. The van der Waals surface area contributed by atoms with Crippen molar-refractivity contribution in [3.8, 4) is 0 Å². The van der Waals surface area contributed by atoms with Crippen molar-refractivity contribution in [2.45, 2.75) is 24.7 Å². The van der Waals surface area contributed by atoms with E-state index >= 15 is 0 Å². The molecular weight excluding hydrogens is 301 g/mol. The predicted octanol–water partition coefficient (Wildman–Crippen LogP) is 1.62. The molecule has 2 N–H and O–H groups in total. The van der Waals surface area contributed by atoms with Crippen molar-refractivity contribution in [1.29, 1.82) is 0 Å². The van der Waals surface area contributed by atoms with Crippen LogP contribution >= 0.6 is 0 Å². The molecule has 0 aliphatic carbocycles. The molecule has 0 aliphatic rings. The van der Waals surface area contributed by atoms with Gasteiger partial charge in [-0.25, -0.2) is 22.3 Å².